The first-order valence-corrected chi connectivity index (χ1v) is 10.6. The van der Waals surface area contributed by atoms with E-state index < -0.39 is 10.0 Å². The molecule has 2 N–H and O–H groups in total. The number of carbonyl (C=O) groups is 1. The van der Waals surface area contributed by atoms with E-state index in [0.29, 0.717) is 25.1 Å². The number of rotatable bonds is 10. The average molecular weight is 390 g/mol. The van der Waals surface area contributed by atoms with Gasteiger partial charge in [-0.25, -0.2) is 13.1 Å². The van der Waals surface area contributed by atoms with E-state index in [0.717, 1.165) is 18.8 Å². The molecule has 0 saturated carbocycles. The van der Waals surface area contributed by atoms with Gasteiger partial charge < -0.3 is 10.2 Å². The predicted molar refractivity (Wildman–Crippen MR) is 109 cm³/mol. The standard InChI is InChI=1S/C20H27N3O3S/c1-3-20(24)22-17-11-13-19(14-12-17)27(25,26)21-15-8-16-23(4-2)18-9-6-5-7-10-18/h5-7,9-14,21H,3-4,8,15-16H2,1-2H3,(H,22,24). The summed E-state index contributed by atoms with van der Waals surface area (Å²) < 4.78 is 27.4. The molecule has 0 bridgehead atoms. The van der Waals surface area contributed by atoms with E-state index in [-0.39, 0.29) is 10.8 Å². The maximum absolute atomic E-state index is 12.4. The van der Waals surface area contributed by atoms with Crippen LogP contribution in [0.1, 0.15) is 26.7 Å². The van der Waals surface area contributed by atoms with Gasteiger partial charge in [0.15, 0.2) is 0 Å². The van der Waals surface area contributed by atoms with Crippen molar-refractivity contribution in [1.82, 2.24) is 4.72 Å². The van der Waals surface area contributed by atoms with E-state index in [1.54, 1.807) is 19.1 Å². The summed E-state index contributed by atoms with van der Waals surface area (Å²) in [5.41, 5.74) is 1.72. The van der Waals surface area contributed by atoms with Crippen molar-refractivity contribution < 1.29 is 13.2 Å². The SMILES string of the molecule is CCC(=O)Nc1ccc(S(=O)(=O)NCCCN(CC)c2ccccc2)cc1. The number of anilines is 2. The lowest BCUT2D eigenvalue weighted by atomic mass is 10.2. The topological polar surface area (TPSA) is 78.5 Å². The zero-order valence-electron chi connectivity index (χ0n) is 15.8. The molecule has 2 aromatic rings. The summed E-state index contributed by atoms with van der Waals surface area (Å²) in [7, 11) is -3.56. The van der Waals surface area contributed by atoms with Gasteiger partial charge in [-0.3, -0.25) is 4.79 Å². The number of nitrogens with zero attached hydrogens (tertiary/aromatic N) is 1. The van der Waals surface area contributed by atoms with Crippen LogP contribution >= 0.6 is 0 Å². The van der Waals surface area contributed by atoms with Crippen molar-refractivity contribution in [3.8, 4) is 0 Å². The van der Waals surface area contributed by atoms with E-state index in [2.05, 4.69) is 21.9 Å². The minimum Gasteiger partial charge on any atom is -0.372 e. The number of amides is 1. The minimum atomic E-state index is -3.56. The van der Waals surface area contributed by atoms with Gasteiger partial charge in [0.2, 0.25) is 15.9 Å². The lowest BCUT2D eigenvalue weighted by molar-refractivity contribution is -0.115. The molecule has 0 aromatic heterocycles. The second kappa shape index (κ2) is 10.1. The summed E-state index contributed by atoms with van der Waals surface area (Å²) in [6.45, 7) is 5.83. The number of sulfonamides is 1. The van der Waals surface area contributed by atoms with Gasteiger partial charge in [-0.15, -0.1) is 0 Å². The Morgan fingerprint density at radius 2 is 1.67 bits per heavy atom. The van der Waals surface area contributed by atoms with Gasteiger partial charge in [0.05, 0.1) is 4.90 Å². The highest BCUT2D eigenvalue weighted by molar-refractivity contribution is 7.89. The molecule has 0 aliphatic heterocycles. The Morgan fingerprint density at radius 3 is 2.26 bits per heavy atom. The Morgan fingerprint density at radius 1 is 1.00 bits per heavy atom. The molecule has 1 amide bonds. The van der Waals surface area contributed by atoms with Gasteiger partial charge in [0.1, 0.15) is 0 Å². The first kappa shape index (κ1) is 20.9. The fraction of sp³-hybridized carbons (Fsp3) is 0.350. The van der Waals surface area contributed by atoms with Crippen LogP contribution in [-0.4, -0.2) is 34.0 Å². The molecule has 0 saturated heterocycles. The van der Waals surface area contributed by atoms with Crippen LogP contribution < -0.4 is 14.9 Å². The first-order valence-electron chi connectivity index (χ1n) is 9.16. The largest absolute Gasteiger partial charge is 0.372 e. The Hall–Kier alpha value is -2.38. The smallest absolute Gasteiger partial charge is 0.240 e. The molecule has 0 fully saturated rings. The summed E-state index contributed by atoms with van der Waals surface area (Å²) in [4.78, 5) is 13.8. The first-order chi connectivity index (χ1) is 13.0. The van der Waals surface area contributed by atoms with Crippen LogP contribution in [-0.2, 0) is 14.8 Å². The Labute approximate surface area is 161 Å². The number of carbonyl (C=O) groups excluding carboxylic acids is 1. The lowest BCUT2D eigenvalue weighted by Crippen LogP contribution is -2.30. The van der Waals surface area contributed by atoms with Gasteiger partial charge in [-0.2, -0.15) is 0 Å². The van der Waals surface area contributed by atoms with Crippen LogP contribution in [0.2, 0.25) is 0 Å². The second-order valence-corrected chi connectivity index (χ2v) is 7.86. The third-order valence-electron chi connectivity index (χ3n) is 4.17. The maximum Gasteiger partial charge on any atom is 0.240 e. The van der Waals surface area contributed by atoms with Crippen molar-refractivity contribution in [2.45, 2.75) is 31.6 Å². The number of para-hydroxylation sites is 1. The van der Waals surface area contributed by atoms with Crippen molar-refractivity contribution in [1.29, 1.82) is 0 Å². The Balaban J connectivity index is 1.86. The van der Waals surface area contributed by atoms with Crippen LogP contribution in [0.3, 0.4) is 0 Å². The van der Waals surface area contributed by atoms with Gasteiger partial charge in [0, 0.05) is 37.4 Å². The number of benzene rings is 2. The van der Waals surface area contributed by atoms with Gasteiger partial charge in [-0.1, -0.05) is 25.1 Å². The van der Waals surface area contributed by atoms with Gasteiger partial charge in [-0.05, 0) is 49.7 Å². The monoisotopic (exact) mass is 389 g/mol. The zero-order chi connectivity index (χ0) is 19.7. The van der Waals surface area contributed by atoms with Gasteiger partial charge in [0.25, 0.3) is 0 Å². The number of nitrogens with one attached hydrogen (secondary N) is 2. The van der Waals surface area contributed by atoms with Crippen LogP contribution in [0.25, 0.3) is 0 Å². The lowest BCUT2D eigenvalue weighted by Gasteiger charge is -2.23. The molecule has 2 rings (SSSR count). The van der Waals surface area contributed by atoms with Crippen molar-refractivity contribution in [2.75, 3.05) is 29.9 Å². The quantitative estimate of drug-likeness (QED) is 0.612. The van der Waals surface area contributed by atoms with Crippen LogP contribution in [0, 0.1) is 0 Å². The summed E-state index contributed by atoms with van der Waals surface area (Å²) >= 11 is 0. The summed E-state index contributed by atoms with van der Waals surface area (Å²) in [6.07, 6.45) is 1.08. The van der Waals surface area contributed by atoms with Crippen LogP contribution in [0.15, 0.2) is 59.5 Å². The molecule has 146 valence electrons. The van der Waals surface area contributed by atoms with Crippen molar-refractivity contribution in [3.05, 3.63) is 54.6 Å². The molecule has 0 aliphatic carbocycles. The molecule has 27 heavy (non-hydrogen) atoms. The average Bonchev–Trinajstić information content (AvgIpc) is 2.69. The number of hydrogen-bond acceptors (Lipinski definition) is 4. The molecule has 2 aromatic carbocycles. The molecule has 6 nitrogen and oxygen atoms in total. The van der Waals surface area contributed by atoms with E-state index in [1.807, 2.05) is 30.3 Å². The summed E-state index contributed by atoms with van der Waals surface area (Å²) in [5.74, 6) is -0.109. The molecular weight excluding hydrogens is 362 g/mol. The molecule has 0 unspecified atom stereocenters. The second-order valence-electron chi connectivity index (χ2n) is 6.09. The highest BCUT2D eigenvalue weighted by atomic mass is 32.2. The van der Waals surface area contributed by atoms with E-state index in [1.165, 1.54) is 12.1 Å². The Bertz CT molecular complexity index is 821. The summed E-state index contributed by atoms with van der Waals surface area (Å²) in [5, 5.41) is 2.70. The third kappa shape index (κ3) is 6.37. The molecule has 7 heteroatoms. The van der Waals surface area contributed by atoms with Crippen LogP contribution in [0.5, 0.6) is 0 Å². The van der Waals surface area contributed by atoms with Crippen molar-refractivity contribution in [3.63, 3.8) is 0 Å². The molecule has 0 radical (unpaired) electrons. The fourth-order valence-electron chi connectivity index (χ4n) is 2.64. The highest BCUT2D eigenvalue weighted by Crippen LogP contribution is 2.15. The maximum atomic E-state index is 12.4. The predicted octanol–water partition coefficient (Wildman–Crippen LogP) is 3.23. The molecule has 0 aliphatic rings. The van der Waals surface area contributed by atoms with Crippen molar-refractivity contribution in [2.24, 2.45) is 0 Å². The third-order valence-corrected chi connectivity index (χ3v) is 5.65. The van der Waals surface area contributed by atoms with Gasteiger partial charge >= 0.3 is 0 Å². The minimum absolute atomic E-state index is 0.109. The fourth-order valence-corrected chi connectivity index (χ4v) is 3.71. The number of hydrogen-bond donors (Lipinski definition) is 2. The van der Waals surface area contributed by atoms with Crippen molar-refractivity contribution >= 4 is 27.3 Å². The zero-order valence-corrected chi connectivity index (χ0v) is 16.6. The molecular formula is C20H27N3O3S. The normalized spacial score (nSPS) is 11.2. The highest BCUT2D eigenvalue weighted by Gasteiger charge is 2.13. The molecule has 0 atom stereocenters. The Kier molecular flexibility index (Phi) is 7.82. The van der Waals surface area contributed by atoms with E-state index >= 15 is 0 Å². The molecule has 0 heterocycles. The molecule has 0 spiro atoms. The summed E-state index contributed by atoms with van der Waals surface area (Å²) in [6, 6.07) is 16.2. The van der Waals surface area contributed by atoms with Crippen LogP contribution in [0.4, 0.5) is 11.4 Å². The van der Waals surface area contributed by atoms with E-state index in [4.69, 9.17) is 0 Å². The van der Waals surface area contributed by atoms with E-state index in [9.17, 15) is 13.2 Å².